The Bertz CT molecular complexity index is 694. The molecule has 5 nitrogen and oxygen atoms in total. The highest BCUT2D eigenvalue weighted by Crippen LogP contribution is 2.23. The van der Waals surface area contributed by atoms with E-state index in [1.54, 1.807) is 12.1 Å². The number of nitrogens with one attached hydrogen (secondary N) is 2. The molecule has 24 heavy (non-hydrogen) atoms. The van der Waals surface area contributed by atoms with E-state index in [9.17, 15) is 13.2 Å². The number of hydrogen-bond donors (Lipinski definition) is 2. The molecule has 1 saturated carbocycles. The zero-order chi connectivity index (χ0) is 17.9. The summed E-state index contributed by atoms with van der Waals surface area (Å²) in [6.45, 7) is 8.10. The molecule has 0 radical (unpaired) electrons. The minimum Gasteiger partial charge on any atom is -0.350 e. The standard InChI is InChI=1S/C18H28N2O3S/c1-12(2)5-7-14(4)19-18(21)17-11-16(10-6-13(17)3)24(22,23)20-15-8-9-15/h6,10-12,14-15,20H,5,7-9H2,1-4H3,(H,19,21). The molecule has 0 aliphatic heterocycles. The summed E-state index contributed by atoms with van der Waals surface area (Å²) in [6, 6.07) is 4.83. The van der Waals surface area contributed by atoms with Crippen molar-refractivity contribution in [3.63, 3.8) is 0 Å². The van der Waals surface area contributed by atoms with Crippen LogP contribution in [-0.2, 0) is 10.0 Å². The van der Waals surface area contributed by atoms with Gasteiger partial charge in [0.25, 0.3) is 5.91 Å². The van der Waals surface area contributed by atoms with Crippen LogP contribution in [0.5, 0.6) is 0 Å². The summed E-state index contributed by atoms with van der Waals surface area (Å²) in [5.74, 6) is 0.375. The molecular formula is C18H28N2O3S. The average molecular weight is 353 g/mol. The highest BCUT2D eigenvalue weighted by molar-refractivity contribution is 7.89. The molecule has 2 N–H and O–H groups in total. The predicted octanol–water partition coefficient (Wildman–Crippen LogP) is 2.99. The lowest BCUT2D eigenvalue weighted by atomic mass is 10.0. The van der Waals surface area contributed by atoms with Gasteiger partial charge in [0.1, 0.15) is 0 Å². The van der Waals surface area contributed by atoms with Gasteiger partial charge < -0.3 is 5.32 Å². The van der Waals surface area contributed by atoms with Gasteiger partial charge in [0, 0.05) is 17.6 Å². The first-order chi connectivity index (χ1) is 11.2. The van der Waals surface area contributed by atoms with Crippen molar-refractivity contribution in [2.75, 3.05) is 0 Å². The van der Waals surface area contributed by atoms with E-state index < -0.39 is 10.0 Å². The molecule has 1 aromatic rings. The molecule has 1 aliphatic carbocycles. The van der Waals surface area contributed by atoms with Gasteiger partial charge in [-0.3, -0.25) is 4.79 Å². The lowest BCUT2D eigenvalue weighted by Gasteiger charge is -2.16. The summed E-state index contributed by atoms with van der Waals surface area (Å²) in [4.78, 5) is 12.7. The van der Waals surface area contributed by atoms with Crippen LogP contribution < -0.4 is 10.0 Å². The predicted molar refractivity (Wildman–Crippen MR) is 95.5 cm³/mol. The normalized spacial score (nSPS) is 16.2. The fourth-order valence-corrected chi connectivity index (χ4v) is 3.79. The van der Waals surface area contributed by atoms with Crippen molar-refractivity contribution in [1.29, 1.82) is 0 Å². The highest BCUT2D eigenvalue weighted by Gasteiger charge is 2.28. The van der Waals surface area contributed by atoms with Crippen LogP contribution in [0, 0.1) is 12.8 Å². The lowest BCUT2D eigenvalue weighted by molar-refractivity contribution is 0.0936. The number of hydrogen-bond acceptors (Lipinski definition) is 3. The summed E-state index contributed by atoms with van der Waals surface area (Å²) in [6.07, 6.45) is 3.71. The number of carbonyl (C=O) groups is 1. The van der Waals surface area contributed by atoms with Crippen molar-refractivity contribution in [2.45, 2.75) is 70.4 Å². The second-order valence-electron chi connectivity index (χ2n) is 7.22. The zero-order valence-electron chi connectivity index (χ0n) is 14.9. The van der Waals surface area contributed by atoms with E-state index in [0.29, 0.717) is 11.5 Å². The Morgan fingerprint density at radius 2 is 1.88 bits per heavy atom. The molecule has 1 amide bonds. The molecule has 2 rings (SSSR count). The van der Waals surface area contributed by atoms with Crippen LogP contribution in [0.15, 0.2) is 23.1 Å². The first-order valence-corrected chi connectivity index (χ1v) is 10.1. The molecule has 0 spiro atoms. The van der Waals surface area contributed by atoms with Crippen LogP contribution in [0.4, 0.5) is 0 Å². The molecule has 1 fully saturated rings. The van der Waals surface area contributed by atoms with Crippen LogP contribution in [0.2, 0.25) is 0 Å². The topological polar surface area (TPSA) is 75.3 Å². The summed E-state index contributed by atoms with van der Waals surface area (Å²) in [5, 5.41) is 2.97. The summed E-state index contributed by atoms with van der Waals surface area (Å²) in [7, 11) is -3.55. The van der Waals surface area contributed by atoms with Gasteiger partial charge >= 0.3 is 0 Å². The van der Waals surface area contributed by atoms with E-state index in [2.05, 4.69) is 23.9 Å². The lowest BCUT2D eigenvalue weighted by Crippen LogP contribution is -2.33. The zero-order valence-corrected chi connectivity index (χ0v) is 15.7. The molecule has 6 heteroatoms. The maximum atomic E-state index is 12.5. The monoisotopic (exact) mass is 352 g/mol. The van der Waals surface area contributed by atoms with Crippen LogP contribution >= 0.6 is 0 Å². The minimum absolute atomic E-state index is 0.0460. The first-order valence-electron chi connectivity index (χ1n) is 8.63. The third-order valence-corrected chi connectivity index (χ3v) is 5.74. The van der Waals surface area contributed by atoms with Crippen molar-refractivity contribution in [2.24, 2.45) is 5.92 Å². The van der Waals surface area contributed by atoms with Crippen LogP contribution in [0.1, 0.15) is 62.4 Å². The van der Waals surface area contributed by atoms with Gasteiger partial charge in [-0.1, -0.05) is 19.9 Å². The van der Waals surface area contributed by atoms with Gasteiger partial charge in [-0.15, -0.1) is 0 Å². The van der Waals surface area contributed by atoms with Crippen molar-refractivity contribution < 1.29 is 13.2 Å². The summed E-state index contributed by atoms with van der Waals surface area (Å²) in [5.41, 5.74) is 1.19. The fourth-order valence-electron chi connectivity index (χ4n) is 2.46. The van der Waals surface area contributed by atoms with Crippen LogP contribution in [-0.4, -0.2) is 26.4 Å². The van der Waals surface area contributed by atoms with Gasteiger partial charge in [-0.05, 0) is 63.1 Å². The van der Waals surface area contributed by atoms with E-state index in [4.69, 9.17) is 0 Å². The van der Waals surface area contributed by atoms with E-state index in [0.717, 1.165) is 31.2 Å². The molecule has 1 aromatic carbocycles. The third kappa shape index (κ3) is 5.31. The van der Waals surface area contributed by atoms with E-state index >= 15 is 0 Å². The Morgan fingerprint density at radius 1 is 1.21 bits per heavy atom. The molecule has 0 saturated heterocycles. The van der Waals surface area contributed by atoms with Gasteiger partial charge in [-0.2, -0.15) is 0 Å². The van der Waals surface area contributed by atoms with E-state index in [1.165, 1.54) is 6.07 Å². The Labute approximate surface area is 145 Å². The molecule has 0 heterocycles. The SMILES string of the molecule is Cc1ccc(S(=O)(=O)NC2CC2)cc1C(=O)NC(C)CCC(C)C. The van der Waals surface area contributed by atoms with E-state index in [-0.39, 0.29) is 22.9 Å². The number of benzene rings is 1. The van der Waals surface area contributed by atoms with Crippen molar-refractivity contribution >= 4 is 15.9 Å². The number of rotatable bonds is 8. The molecule has 0 bridgehead atoms. The minimum atomic E-state index is -3.55. The molecule has 0 aromatic heterocycles. The number of carbonyl (C=O) groups excluding carboxylic acids is 1. The Kier molecular flexibility index (Phi) is 6.04. The largest absolute Gasteiger partial charge is 0.350 e. The van der Waals surface area contributed by atoms with Crippen LogP contribution in [0.3, 0.4) is 0 Å². The fraction of sp³-hybridized carbons (Fsp3) is 0.611. The third-order valence-electron chi connectivity index (χ3n) is 4.22. The summed E-state index contributed by atoms with van der Waals surface area (Å²) >= 11 is 0. The molecule has 1 aliphatic rings. The Hall–Kier alpha value is -1.40. The first kappa shape index (κ1) is 18.9. The van der Waals surface area contributed by atoms with Gasteiger partial charge in [0.15, 0.2) is 0 Å². The average Bonchev–Trinajstić information content (AvgIpc) is 3.28. The molecular weight excluding hydrogens is 324 g/mol. The Morgan fingerprint density at radius 3 is 2.46 bits per heavy atom. The van der Waals surface area contributed by atoms with Gasteiger partial charge in [0.2, 0.25) is 10.0 Å². The quantitative estimate of drug-likeness (QED) is 0.755. The Balaban J connectivity index is 2.11. The number of sulfonamides is 1. The second kappa shape index (κ2) is 7.66. The van der Waals surface area contributed by atoms with Crippen molar-refractivity contribution in [3.05, 3.63) is 29.3 Å². The van der Waals surface area contributed by atoms with Gasteiger partial charge in [-0.25, -0.2) is 13.1 Å². The maximum Gasteiger partial charge on any atom is 0.251 e. The molecule has 134 valence electrons. The van der Waals surface area contributed by atoms with Gasteiger partial charge in [0.05, 0.1) is 4.90 Å². The smallest absolute Gasteiger partial charge is 0.251 e. The van der Waals surface area contributed by atoms with Crippen molar-refractivity contribution in [1.82, 2.24) is 10.0 Å². The molecule has 1 atom stereocenters. The summed E-state index contributed by atoms with van der Waals surface area (Å²) < 4.78 is 27.3. The van der Waals surface area contributed by atoms with E-state index in [1.807, 2.05) is 13.8 Å². The molecule has 1 unspecified atom stereocenters. The second-order valence-corrected chi connectivity index (χ2v) is 8.93. The maximum absolute atomic E-state index is 12.5. The number of amides is 1. The van der Waals surface area contributed by atoms with Crippen molar-refractivity contribution in [3.8, 4) is 0 Å². The van der Waals surface area contributed by atoms with Crippen LogP contribution in [0.25, 0.3) is 0 Å². The highest BCUT2D eigenvalue weighted by atomic mass is 32.2. The number of aryl methyl sites for hydroxylation is 1.